The van der Waals surface area contributed by atoms with Crippen LogP contribution in [0.2, 0.25) is 0 Å². The molecule has 1 rings (SSSR count). The van der Waals surface area contributed by atoms with Crippen molar-refractivity contribution in [2.75, 3.05) is 25.6 Å². The fourth-order valence-electron chi connectivity index (χ4n) is 2.13. The van der Waals surface area contributed by atoms with Gasteiger partial charge in [0.15, 0.2) is 0 Å². The molecule has 0 radical (unpaired) electrons. The molecule has 1 aliphatic rings. The first-order valence-electron chi connectivity index (χ1n) is 5.93. The van der Waals surface area contributed by atoms with Gasteiger partial charge < -0.3 is 10.1 Å². The third-order valence-corrected chi connectivity index (χ3v) is 3.56. The van der Waals surface area contributed by atoms with Crippen LogP contribution < -0.4 is 5.32 Å². The number of ether oxygens (including phenoxy) is 1. The molecule has 0 amide bonds. The van der Waals surface area contributed by atoms with Crippen LogP contribution in [0.3, 0.4) is 0 Å². The quantitative estimate of drug-likeness (QED) is 0.568. The van der Waals surface area contributed by atoms with Crippen LogP contribution >= 0.6 is 11.6 Å². The molecule has 0 aromatic rings. The topological polar surface area (TPSA) is 21.3 Å². The van der Waals surface area contributed by atoms with Crippen molar-refractivity contribution in [3.05, 3.63) is 0 Å². The zero-order valence-electron chi connectivity index (χ0n) is 9.78. The molecule has 2 nitrogen and oxygen atoms in total. The van der Waals surface area contributed by atoms with Crippen molar-refractivity contribution < 1.29 is 17.9 Å². The van der Waals surface area contributed by atoms with Gasteiger partial charge in [-0.25, -0.2) is 0 Å². The summed E-state index contributed by atoms with van der Waals surface area (Å²) in [4.78, 5) is 0. The Balaban J connectivity index is 2.04. The highest BCUT2D eigenvalue weighted by Crippen LogP contribution is 2.30. The average Bonchev–Trinajstić information content (AvgIpc) is 2.71. The lowest BCUT2D eigenvalue weighted by Gasteiger charge is -2.28. The van der Waals surface area contributed by atoms with Crippen molar-refractivity contribution in [2.24, 2.45) is 0 Å². The molecule has 0 heterocycles. The van der Waals surface area contributed by atoms with E-state index in [-0.39, 0.29) is 12.1 Å². The van der Waals surface area contributed by atoms with Gasteiger partial charge in [-0.15, -0.1) is 11.6 Å². The molecule has 0 unspecified atom stereocenters. The predicted octanol–water partition coefficient (Wildman–Crippen LogP) is 3.10. The minimum atomic E-state index is -4.23. The number of hydrogen-bond acceptors (Lipinski definition) is 2. The summed E-state index contributed by atoms with van der Waals surface area (Å²) in [7, 11) is 0. The first kappa shape index (κ1) is 15.1. The zero-order valence-corrected chi connectivity index (χ0v) is 10.5. The van der Waals surface area contributed by atoms with Gasteiger partial charge in [0, 0.05) is 18.0 Å². The van der Waals surface area contributed by atoms with Gasteiger partial charge in [-0.05, 0) is 25.8 Å². The Morgan fingerprint density at radius 2 is 1.88 bits per heavy atom. The highest BCUT2D eigenvalue weighted by Gasteiger charge is 2.32. The van der Waals surface area contributed by atoms with Crippen LogP contribution in [0.25, 0.3) is 0 Å². The van der Waals surface area contributed by atoms with Crippen molar-refractivity contribution in [3.8, 4) is 0 Å². The van der Waals surface area contributed by atoms with E-state index in [2.05, 4.69) is 10.1 Å². The molecule has 0 aromatic heterocycles. The smallest absolute Gasteiger partial charge is 0.372 e. The van der Waals surface area contributed by atoms with Gasteiger partial charge in [-0.3, -0.25) is 0 Å². The Morgan fingerprint density at radius 1 is 1.24 bits per heavy atom. The lowest BCUT2D eigenvalue weighted by atomic mass is 10.0. The first-order chi connectivity index (χ1) is 7.97. The largest absolute Gasteiger partial charge is 0.411 e. The molecule has 1 N–H and O–H groups in total. The average molecular weight is 274 g/mol. The van der Waals surface area contributed by atoms with Gasteiger partial charge in [-0.1, -0.05) is 12.8 Å². The zero-order chi connectivity index (χ0) is 12.8. The van der Waals surface area contributed by atoms with E-state index in [1.165, 1.54) is 12.8 Å². The van der Waals surface area contributed by atoms with Crippen molar-refractivity contribution in [1.82, 2.24) is 5.32 Å². The van der Waals surface area contributed by atoms with Crippen LogP contribution in [0, 0.1) is 0 Å². The Kier molecular flexibility index (Phi) is 6.03. The molecule has 1 fully saturated rings. The highest BCUT2D eigenvalue weighted by atomic mass is 35.5. The van der Waals surface area contributed by atoms with Gasteiger partial charge in [0.05, 0.1) is 0 Å². The molecule has 1 saturated carbocycles. The summed E-state index contributed by atoms with van der Waals surface area (Å²) in [6.07, 6.45) is 0.805. The van der Waals surface area contributed by atoms with Crippen LogP contribution in [-0.2, 0) is 4.74 Å². The summed E-state index contributed by atoms with van der Waals surface area (Å²) in [6.45, 7) is -0.372. The molecule has 6 heteroatoms. The lowest BCUT2D eigenvalue weighted by Crippen LogP contribution is -2.45. The van der Waals surface area contributed by atoms with Crippen molar-refractivity contribution in [3.63, 3.8) is 0 Å². The number of rotatable bonds is 7. The third kappa shape index (κ3) is 5.93. The van der Waals surface area contributed by atoms with E-state index >= 15 is 0 Å². The minimum absolute atomic E-state index is 0.00554. The summed E-state index contributed by atoms with van der Waals surface area (Å²) in [5, 5.41) is 3.35. The van der Waals surface area contributed by atoms with Gasteiger partial charge >= 0.3 is 6.18 Å². The molecule has 0 aliphatic heterocycles. The second-order valence-corrected chi connectivity index (χ2v) is 4.84. The molecule has 0 bridgehead atoms. The van der Waals surface area contributed by atoms with Crippen molar-refractivity contribution in [1.29, 1.82) is 0 Å². The second kappa shape index (κ2) is 6.81. The van der Waals surface area contributed by atoms with E-state index in [0.29, 0.717) is 18.8 Å². The molecule has 1 aliphatic carbocycles. The maximum absolute atomic E-state index is 11.8. The van der Waals surface area contributed by atoms with E-state index in [1.54, 1.807) is 0 Å². The van der Waals surface area contributed by atoms with Gasteiger partial charge in [0.2, 0.25) is 0 Å². The van der Waals surface area contributed by atoms with Crippen LogP contribution in [0.15, 0.2) is 0 Å². The number of nitrogens with one attached hydrogen (secondary N) is 1. The second-order valence-electron chi connectivity index (χ2n) is 4.57. The number of halogens is 4. The van der Waals surface area contributed by atoms with Crippen LogP contribution in [0.4, 0.5) is 13.2 Å². The SMILES string of the molecule is FC(F)(F)COCCCNC1(CCl)CCCC1. The van der Waals surface area contributed by atoms with E-state index in [4.69, 9.17) is 11.6 Å². The van der Waals surface area contributed by atoms with E-state index in [9.17, 15) is 13.2 Å². The molecule has 17 heavy (non-hydrogen) atoms. The van der Waals surface area contributed by atoms with Gasteiger partial charge in [0.25, 0.3) is 0 Å². The van der Waals surface area contributed by atoms with Crippen LogP contribution in [-0.4, -0.2) is 37.4 Å². The predicted molar refractivity (Wildman–Crippen MR) is 61.4 cm³/mol. The maximum Gasteiger partial charge on any atom is 0.411 e. The molecular formula is C11H19ClF3NO. The molecule has 102 valence electrons. The Bertz CT molecular complexity index is 217. The lowest BCUT2D eigenvalue weighted by molar-refractivity contribution is -0.174. The summed E-state index contributed by atoms with van der Waals surface area (Å²) in [5.41, 5.74) is 0.00554. The summed E-state index contributed by atoms with van der Waals surface area (Å²) in [6, 6.07) is 0. The highest BCUT2D eigenvalue weighted by molar-refractivity contribution is 6.18. The summed E-state index contributed by atoms with van der Waals surface area (Å²) < 4.78 is 39.8. The fourth-order valence-corrected chi connectivity index (χ4v) is 2.49. The molecule has 0 saturated heterocycles. The number of alkyl halides is 4. The summed E-state index contributed by atoms with van der Waals surface area (Å²) in [5.74, 6) is 0.566. The van der Waals surface area contributed by atoms with Crippen LogP contribution in [0.1, 0.15) is 32.1 Å². The number of hydrogen-bond donors (Lipinski definition) is 1. The summed E-state index contributed by atoms with van der Waals surface area (Å²) >= 11 is 5.92. The molecular weight excluding hydrogens is 255 g/mol. The normalized spacial score (nSPS) is 19.8. The van der Waals surface area contributed by atoms with Crippen molar-refractivity contribution in [2.45, 2.75) is 43.8 Å². The Hall–Kier alpha value is 0. The van der Waals surface area contributed by atoms with E-state index < -0.39 is 12.8 Å². The minimum Gasteiger partial charge on any atom is -0.372 e. The fraction of sp³-hybridized carbons (Fsp3) is 1.00. The van der Waals surface area contributed by atoms with Crippen molar-refractivity contribution >= 4 is 11.6 Å². The van der Waals surface area contributed by atoms with E-state index in [1.807, 2.05) is 0 Å². The van der Waals surface area contributed by atoms with Gasteiger partial charge in [-0.2, -0.15) is 13.2 Å². The maximum atomic E-state index is 11.8. The molecule has 0 spiro atoms. The molecule has 0 aromatic carbocycles. The Labute approximate surface area is 105 Å². The molecule has 0 atom stereocenters. The monoisotopic (exact) mass is 273 g/mol. The first-order valence-corrected chi connectivity index (χ1v) is 6.46. The van der Waals surface area contributed by atoms with E-state index in [0.717, 1.165) is 12.8 Å². The van der Waals surface area contributed by atoms with Crippen LogP contribution in [0.5, 0.6) is 0 Å². The Morgan fingerprint density at radius 3 is 2.41 bits per heavy atom. The van der Waals surface area contributed by atoms with Gasteiger partial charge in [0.1, 0.15) is 6.61 Å². The third-order valence-electron chi connectivity index (χ3n) is 3.05. The standard InChI is InChI=1S/C11H19ClF3NO/c12-8-10(4-1-2-5-10)16-6-3-7-17-9-11(13,14)15/h16H,1-9H2.